The molecule has 0 fully saturated rings. The van der Waals surface area contributed by atoms with Crippen molar-refractivity contribution in [2.45, 2.75) is 32.4 Å². The van der Waals surface area contributed by atoms with Crippen molar-refractivity contribution in [3.63, 3.8) is 0 Å². The molecule has 1 aromatic rings. The summed E-state index contributed by atoms with van der Waals surface area (Å²) in [7, 11) is 0. The van der Waals surface area contributed by atoms with Crippen molar-refractivity contribution in [2.75, 3.05) is 0 Å². The van der Waals surface area contributed by atoms with Crippen molar-refractivity contribution in [2.24, 2.45) is 0 Å². The van der Waals surface area contributed by atoms with Crippen molar-refractivity contribution in [3.05, 3.63) is 29.8 Å². The van der Waals surface area contributed by atoms with E-state index in [-0.39, 0.29) is 0 Å². The molecule has 1 unspecified atom stereocenters. The second kappa shape index (κ2) is 5.57. The number of nitrogens with one attached hydrogen (secondary N) is 1. The molecule has 0 aromatic carbocycles. The number of nitrogens with zero attached hydrogens (tertiary/aromatic N) is 1. The molecule has 0 aliphatic rings. The van der Waals surface area contributed by atoms with Crippen LogP contribution in [0.25, 0.3) is 0 Å². The van der Waals surface area contributed by atoms with Gasteiger partial charge < -0.3 is 14.8 Å². The lowest BCUT2D eigenvalue weighted by Crippen LogP contribution is -2.35. The van der Waals surface area contributed by atoms with E-state index >= 15 is 0 Å². The maximum absolute atomic E-state index is 12.6. The van der Waals surface area contributed by atoms with E-state index in [1.165, 1.54) is 12.3 Å². The third-order valence-corrected chi connectivity index (χ3v) is 1.92. The lowest BCUT2D eigenvalue weighted by molar-refractivity contribution is -0.109. The summed E-state index contributed by atoms with van der Waals surface area (Å²) in [4.78, 5) is 25.8. The van der Waals surface area contributed by atoms with Crippen molar-refractivity contribution >= 4 is 12.4 Å². The average Bonchev–Trinajstić information content (AvgIpc) is 2.25. The van der Waals surface area contributed by atoms with Gasteiger partial charge in [-0.25, -0.2) is 9.78 Å². The van der Waals surface area contributed by atoms with Gasteiger partial charge in [-0.15, -0.1) is 0 Å². The Morgan fingerprint density at radius 2 is 2.17 bits per heavy atom. The monoisotopic (exact) mass is 254 g/mol. The Balaban J connectivity index is 2.71. The fourth-order valence-electron chi connectivity index (χ4n) is 1.20. The molecule has 0 aliphatic heterocycles. The van der Waals surface area contributed by atoms with Gasteiger partial charge in [-0.3, -0.25) is 0 Å². The molecule has 0 spiro atoms. The number of aldehydes is 1. The van der Waals surface area contributed by atoms with E-state index in [0.717, 1.165) is 6.07 Å². The van der Waals surface area contributed by atoms with Crippen LogP contribution in [-0.2, 0) is 9.53 Å². The third-order valence-electron chi connectivity index (χ3n) is 1.92. The molecule has 6 heteroatoms. The van der Waals surface area contributed by atoms with Crippen LogP contribution in [-0.4, -0.2) is 23.0 Å². The Morgan fingerprint density at radius 1 is 1.50 bits per heavy atom. The molecule has 0 saturated heterocycles. The van der Waals surface area contributed by atoms with Crippen LogP contribution >= 0.6 is 0 Å². The van der Waals surface area contributed by atoms with E-state index < -0.39 is 23.7 Å². The van der Waals surface area contributed by atoms with E-state index in [1.54, 1.807) is 20.8 Å². The van der Waals surface area contributed by atoms with Crippen LogP contribution in [0.4, 0.5) is 9.18 Å². The Morgan fingerprint density at radius 3 is 2.61 bits per heavy atom. The Kier molecular flexibility index (Phi) is 4.36. The number of halogens is 1. The molecular formula is C12H15FN2O3. The largest absolute Gasteiger partial charge is 0.444 e. The van der Waals surface area contributed by atoms with Gasteiger partial charge in [0.05, 0.1) is 0 Å². The highest BCUT2D eigenvalue weighted by Gasteiger charge is 2.20. The van der Waals surface area contributed by atoms with E-state index in [2.05, 4.69) is 10.3 Å². The molecule has 0 radical (unpaired) electrons. The number of ether oxygens (including phenoxy) is 1. The summed E-state index contributed by atoms with van der Waals surface area (Å²) in [6.45, 7) is 5.13. The summed E-state index contributed by atoms with van der Waals surface area (Å²) >= 11 is 0. The van der Waals surface area contributed by atoms with Crippen molar-refractivity contribution in [1.82, 2.24) is 10.3 Å². The zero-order chi connectivity index (χ0) is 13.8. The standard InChI is InChI=1S/C12H15FN2O3/c1-12(2,3)18-11(17)15-9(7-16)8-4-5-10(13)14-6-8/h4-7,9H,1-3H3,(H,15,17). The molecule has 1 rings (SSSR count). The number of carbonyl (C=O) groups excluding carboxylic acids is 2. The van der Waals surface area contributed by atoms with Crippen molar-refractivity contribution in [3.8, 4) is 0 Å². The van der Waals surface area contributed by atoms with Crippen LogP contribution < -0.4 is 5.32 Å². The zero-order valence-corrected chi connectivity index (χ0v) is 10.4. The number of hydrogen-bond acceptors (Lipinski definition) is 4. The fourth-order valence-corrected chi connectivity index (χ4v) is 1.20. The minimum absolute atomic E-state index is 0.386. The number of amides is 1. The summed E-state index contributed by atoms with van der Waals surface area (Å²) in [5, 5.41) is 2.37. The highest BCUT2D eigenvalue weighted by molar-refractivity contribution is 5.74. The smallest absolute Gasteiger partial charge is 0.408 e. The molecule has 0 aliphatic carbocycles. The van der Waals surface area contributed by atoms with Crippen LogP contribution in [0.1, 0.15) is 32.4 Å². The van der Waals surface area contributed by atoms with Crippen molar-refractivity contribution < 1.29 is 18.7 Å². The zero-order valence-electron chi connectivity index (χ0n) is 10.4. The predicted molar refractivity (Wildman–Crippen MR) is 62.4 cm³/mol. The molecule has 1 atom stereocenters. The molecule has 1 N–H and O–H groups in total. The maximum Gasteiger partial charge on any atom is 0.408 e. The van der Waals surface area contributed by atoms with Gasteiger partial charge in [0, 0.05) is 11.8 Å². The predicted octanol–water partition coefficient (Wildman–Crippen LogP) is 1.99. The maximum atomic E-state index is 12.6. The molecule has 1 aromatic heterocycles. The molecule has 98 valence electrons. The molecule has 18 heavy (non-hydrogen) atoms. The Hall–Kier alpha value is -1.98. The van der Waals surface area contributed by atoms with Crippen LogP contribution in [0.2, 0.25) is 0 Å². The number of hydrogen-bond donors (Lipinski definition) is 1. The van der Waals surface area contributed by atoms with E-state index in [0.29, 0.717) is 11.8 Å². The molecule has 5 nitrogen and oxygen atoms in total. The van der Waals surface area contributed by atoms with Gasteiger partial charge in [0.25, 0.3) is 0 Å². The summed E-state index contributed by atoms with van der Waals surface area (Å²) in [6.07, 6.45) is 0.994. The summed E-state index contributed by atoms with van der Waals surface area (Å²) in [5.74, 6) is -0.652. The summed E-state index contributed by atoms with van der Waals surface area (Å²) in [6, 6.07) is 1.58. The normalized spacial score (nSPS) is 12.7. The first-order valence-corrected chi connectivity index (χ1v) is 5.38. The van der Waals surface area contributed by atoms with Gasteiger partial charge >= 0.3 is 6.09 Å². The quantitative estimate of drug-likeness (QED) is 0.661. The minimum Gasteiger partial charge on any atom is -0.444 e. The van der Waals surface area contributed by atoms with Crippen LogP contribution in [0, 0.1) is 5.95 Å². The number of pyridine rings is 1. The molecular weight excluding hydrogens is 239 g/mol. The Labute approximate surface area is 104 Å². The van der Waals surface area contributed by atoms with Gasteiger partial charge in [0.15, 0.2) is 0 Å². The molecule has 0 saturated carbocycles. The van der Waals surface area contributed by atoms with Gasteiger partial charge in [-0.2, -0.15) is 4.39 Å². The number of aromatic nitrogens is 1. The average molecular weight is 254 g/mol. The number of rotatable bonds is 3. The second-order valence-corrected chi connectivity index (χ2v) is 4.67. The highest BCUT2D eigenvalue weighted by Crippen LogP contribution is 2.12. The molecule has 1 amide bonds. The van der Waals surface area contributed by atoms with Crippen molar-refractivity contribution in [1.29, 1.82) is 0 Å². The lowest BCUT2D eigenvalue weighted by Gasteiger charge is -2.21. The first-order valence-electron chi connectivity index (χ1n) is 5.38. The first kappa shape index (κ1) is 14.1. The lowest BCUT2D eigenvalue weighted by atomic mass is 10.1. The summed E-state index contributed by atoms with van der Waals surface area (Å²) < 4.78 is 17.6. The van der Waals surface area contributed by atoms with Crippen LogP contribution in [0.15, 0.2) is 18.3 Å². The minimum atomic E-state index is -0.909. The highest BCUT2D eigenvalue weighted by atomic mass is 19.1. The second-order valence-electron chi connectivity index (χ2n) is 4.67. The summed E-state index contributed by atoms with van der Waals surface area (Å²) in [5.41, 5.74) is -0.268. The molecule has 1 heterocycles. The fraction of sp³-hybridized carbons (Fsp3) is 0.417. The van der Waals surface area contributed by atoms with Crippen LogP contribution in [0.3, 0.4) is 0 Å². The van der Waals surface area contributed by atoms with E-state index in [4.69, 9.17) is 4.74 Å². The van der Waals surface area contributed by atoms with Gasteiger partial charge in [0.1, 0.15) is 17.9 Å². The first-order chi connectivity index (χ1) is 8.31. The van der Waals surface area contributed by atoms with E-state index in [1.807, 2.05) is 0 Å². The SMILES string of the molecule is CC(C)(C)OC(=O)NC(C=O)c1ccc(F)nc1. The van der Waals surface area contributed by atoms with Gasteiger partial charge in [0.2, 0.25) is 5.95 Å². The Bertz CT molecular complexity index is 426. The third kappa shape index (κ3) is 4.48. The number of carbonyl (C=O) groups is 2. The van der Waals surface area contributed by atoms with E-state index in [9.17, 15) is 14.0 Å². The number of alkyl carbamates (subject to hydrolysis) is 1. The van der Waals surface area contributed by atoms with Crippen LogP contribution in [0.5, 0.6) is 0 Å². The topological polar surface area (TPSA) is 68.3 Å². The van der Waals surface area contributed by atoms with Gasteiger partial charge in [-0.1, -0.05) is 6.07 Å². The molecule has 0 bridgehead atoms. The van der Waals surface area contributed by atoms with Gasteiger partial charge in [-0.05, 0) is 26.8 Å².